The number of hydrogen-bond acceptors (Lipinski definition) is 3. The third-order valence-corrected chi connectivity index (χ3v) is 2.31. The molecule has 1 rings (SSSR count). The molecule has 0 amide bonds. The maximum absolute atomic E-state index is 10.3. The Kier molecular flexibility index (Phi) is 6.29. The van der Waals surface area contributed by atoms with Crippen LogP contribution in [0.15, 0.2) is 0 Å². The summed E-state index contributed by atoms with van der Waals surface area (Å²) in [6, 6.07) is 0. The van der Waals surface area contributed by atoms with Gasteiger partial charge in [-0.25, -0.2) is 0 Å². The first-order valence-corrected chi connectivity index (χ1v) is 4.10. The molecule has 1 aliphatic rings. The zero-order valence-corrected chi connectivity index (χ0v) is 8.86. The molecule has 3 nitrogen and oxygen atoms in total. The fourth-order valence-electron chi connectivity index (χ4n) is 0.863. The Morgan fingerprint density at radius 2 is 2.30 bits per heavy atom. The van der Waals surface area contributed by atoms with E-state index >= 15 is 0 Å². The Balaban J connectivity index is 0.000000810. The van der Waals surface area contributed by atoms with Gasteiger partial charge in [0.15, 0.2) is 0 Å². The van der Waals surface area contributed by atoms with Gasteiger partial charge in [-0.15, -0.1) is 0 Å². The molecule has 0 radical (unpaired) electrons. The van der Waals surface area contributed by atoms with Crippen molar-refractivity contribution in [2.45, 2.75) is 18.1 Å². The SMILES string of the molecule is O=S([O-])[C@H]1CCCOC1.[Na+]. The molecule has 0 saturated carbocycles. The predicted octanol–water partition coefficient (Wildman–Crippen LogP) is -2.95. The van der Waals surface area contributed by atoms with E-state index in [1.165, 1.54) is 0 Å². The topological polar surface area (TPSA) is 49.4 Å². The second-order valence-electron chi connectivity index (χ2n) is 2.10. The van der Waals surface area contributed by atoms with Crippen LogP contribution >= 0.6 is 0 Å². The normalized spacial score (nSPS) is 28.7. The molecule has 5 heteroatoms. The fourth-order valence-corrected chi connectivity index (χ4v) is 1.43. The molecular formula is C5H9NaO3S. The number of hydrogen-bond donors (Lipinski definition) is 0. The molecule has 10 heavy (non-hydrogen) atoms. The molecule has 0 spiro atoms. The average Bonchev–Trinajstić information content (AvgIpc) is 1.90. The van der Waals surface area contributed by atoms with Crippen molar-refractivity contribution in [3.05, 3.63) is 0 Å². The van der Waals surface area contributed by atoms with Gasteiger partial charge in [0.25, 0.3) is 0 Å². The van der Waals surface area contributed by atoms with Crippen LogP contribution in [0, 0.1) is 0 Å². The third-order valence-electron chi connectivity index (χ3n) is 1.39. The van der Waals surface area contributed by atoms with Gasteiger partial charge >= 0.3 is 29.6 Å². The minimum atomic E-state index is -1.93. The summed E-state index contributed by atoms with van der Waals surface area (Å²) in [7, 11) is 0. The van der Waals surface area contributed by atoms with E-state index in [1.54, 1.807) is 0 Å². The van der Waals surface area contributed by atoms with E-state index in [4.69, 9.17) is 4.74 Å². The second-order valence-corrected chi connectivity index (χ2v) is 3.29. The smallest absolute Gasteiger partial charge is 0.772 e. The quantitative estimate of drug-likeness (QED) is 0.314. The van der Waals surface area contributed by atoms with E-state index in [0.29, 0.717) is 13.2 Å². The van der Waals surface area contributed by atoms with Gasteiger partial charge in [-0.1, -0.05) is 0 Å². The zero-order chi connectivity index (χ0) is 6.69. The van der Waals surface area contributed by atoms with E-state index in [9.17, 15) is 8.76 Å². The molecule has 1 saturated heterocycles. The monoisotopic (exact) mass is 172 g/mol. The Hall–Kier alpha value is 1.07. The van der Waals surface area contributed by atoms with Crippen LogP contribution < -0.4 is 29.6 Å². The van der Waals surface area contributed by atoms with Crippen molar-refractivity contribution in [2.75, 3.05) is 13.2 Å². The van der Waals surface area contributed by atoms with Crippen LogP contribution in [0.4, 0.5) is 0 Å². The number of rotatable bonds is 1. The summed E-state index contributed by atoms with van der Waals surface area (Å²) in [5.41, 5.74) is 0. The van der Waals surface area contributed by atoms with E-state index in [-0.39, 0.29) is 34.8 Å². The van der Waals surface area contributed by atoms with E-state index in [1.807, 2.05) is 0 Å². The summed E-state index contributed by atoms with van der Waals surface area (Å²) in [5.74, 6) is 0. The number of ether oxygens (including phenoxy) is 1. The van der Waals surface area contributed by atoms with Crippen LogP contribution in [-0.4, -0.2) is 27.2 Å². The van der Waals surface area contributed by atoms with Crippen molar-refractivity contribution in [3.8, 4) is 0 Å². The van der Waals surface area contributed by atoms with Crippen LogP contribution in [0.1, 0.15) is 12.8 Å². The van der Waals surface area contributed by atoms with Gasteiger partial charge < -0.3 is 9.29 Å². The molecule has 1 fully saturated rings. The molecule has 54 valence electrons. The Morgan fingerprint density at radius 3 is 2.60 bits per heavy atom. The molecule has 0 aliphatic carbocycles. The summed E-state index contributed by atoms with van der Waals surface area (Å²) in [6.07, 6.45) is 1.63. The van der Waals surface area contributed by atoms with E-state index in [0.717, 1.165) is 12.8 Å². The van der Waals surface area contributed by atoms with Crippen LogP contribution in [0.25, 0.3) is 0 Å². The molecule has 0 aromatic rings. The van der Waals surface area contributed by atoms with Crippen LogP contribution in [-0.2, 0) is 15.8 Å². The summed E-state index contributed by atoms with van der Waals surface area (Å²) in [6.45, 7) is 1.10. The van der Waals surface area contributed by atoms with Crippen LogP contribution in [0.2, 0.25) is 0 Å². The van der Waals surface area contributed by atoms with Crippen molar-refractivity contribution in [2.24, 2.45) is 0 Å². The van der Waals surface area contributed by atoms with Gasteiger partial charge in [0.2, 0.25) is 0 Å². The summed E-state index contributed by atoms with van der Waals surface area (Å²) >= 11 is -1.93. The van der Waals surface area contributed by atoms with Gasteiger partial charge in [-0.3, -0.25) is 4.21 Å². The van der Waals surface area contributed by atoms with Crippen molar-refractivity contribution >= 4 is 11.1 Å². The van der Waals surface area contributed by atoms with Crippen molar-refractivity contribution in [1.29, 1.82) is 0 Å². The first kappa shape index (κ1) is 11.1. The molecular weight excluding hydrogens is 163 g/mol. The maximum Gasteiger partial charge on any atom is 1.00 e. The first-order valence-electron chi connectivity index (χ1n) is 2.96. The molecule has 0 bridgehead atoms. The van der Waals surface area contributed by atoms with Gasteiger partial charge in [0.1, 0.15) is 0 Å². The van der Waals surface area contributed by atoms with Gasteiger partial charge in [0, 0.05) is 11.9 Å². The van der Waals surface area contributed by atoms with E-state index in [2.05, 4.69) is 0 Å². The Bertz CT molecular complexity index is 113. The van der Waals surface area contributed by atoms with Crippen molar-refractivity contribution in [1.82, 2.24) is 0 Å². The molecule has 1 aliphatic heterocycles. The molecule has 0 aromatic carbocycles. The average molecular weight is 172 g/mol. The zero-order valence-electron chi connectivity index (χ0n) is 6.04. The third kappa shape index (κ3) is 3.46. The van der Waals surface area contributed by atoms with E-state index < -0.39 is 11.1 Å². The molecule has 0 N–H and O–H groups in total. The minimum Gasteiger partial charge on any atom is -0.772 e. The van der Waals surface area contributed by atoms with Crippen LogP contribution in [0.3, 0.4) is 0 Å². The van der Waals surface area contributed by atoms with Crippen molar-refractivity contribution in [3.63, 3.8) is 0 Å². The molecule has 1 heterocycles. The standard InChI is InChI=1S/C5H10O3S.Na/c6-9(7)5-2-1-3-8-4-5;/h5H,1-4H2,(H,6,7);/q;+1/p-1/t5-;/m0./s1. The molecule has 1 unspecified atom stereocenters. The summed E-state index contributed by atoms with van der Waals surface area (Å²) in [5, 5.41) is -0.251. The Morgan fingerprint density at radius 1 is 1.60 bits per heavy atom. The van der Waals surface area contributed by atoms with Gasteiger partial charge in [0.05, 0.1) is 6.61 Å². The fraction of sp³-hybridized carbons (Fsp3) is 1.00. The largest absolute Gasteiger partial charge is 1.00 e. The molecule has 0 aromatic heterocycles. The van der Waals surface area contributed by atoms with Crippen LogP contribution in [0.5, 0.6) is 0 Å². The molecule has 2 atom stereocenters. The maximum atomic E-state index is 10.3. The summed E-state index contributed by atoms with van der Waals surface area (Å²) in [4.78, 5) is 0. The predicted molar refractivity (Wildman–Crippen MR) is 32.8 cm³/mol. The van der Waals surface area contributed by atoms with Gasteiger partial charge in [-0.2, -0.15) is 0 Å². The first-order chi connectivity index (χ1) is 4.30. The summed E-state index contributed by atoms with van der Waals surface area (Å²) < 4.78 is 25.5. The van der Waals surface area contributed by atoms with Crippen molar-refractivity contribution < 1.29 is 43.1 Å². The minimum absolute atomic E-state index is 0. The Labute approximate surface area is 85.1 Å². The second kappa shape index (κ2) is 5.69. The van der Waals surface area contributed by atoms with Gasteiger partial charge in [-0.05, 0) is 23.9 Å².